The van der Waals surface area contributed by atoms with E-state index in [1.54, 1.807) is 10.7 Å². The normalized spacial score (nSPS) is 30.2. The van der Waals surface area contributed by atoms with Crippen LogP contribution in [-0.4, -0.2) is 32.7 Å². The first kappa shape index (κ1) is 11.5. The molecule has 2 aliphatic rings. The number of pyridine rings is 1. The maximum Gasteiger partial charge on any atom is 0.246 e. The Morgan fingerprint density at radius 2 is 1.95 bits per heavy atom. The number of anilines is 1. The first-order valence-corrected chi connectivity index (χ1v) is 7.14. The highest BCUT2D eigenvalue weighted by molar-refractivity contribution is 6.30. The molecule has 0 spiro atoms. The van der Waals surface area contributed by atoms with Crippen LogP contribution < -0.4 is 10.6 Å². The number of hydrogen-bond donors (Lipinski definition) is 1. The summed E-state index contributed by atoms with van der Waals surface area (Å²) >= 11 is 5.98. The summed E-state index contributed by atoms with van der Waals surface area (Å²) in [6.07, 6.45) is 6.30. The van der Waals surface area contributed by atoms with Crippen LogP contribution in [0.5, 0.6) is 0 Å². The van der Waals surface area contributed by atoms with Gasteiger partial charge in [0.25, 0.3) is 0 Å². The smallest absolute Gasteiger partial charge is 0.246 e. The van der Waals surface area contributed by atoms with Gasteiger partial charge in [-0.05, 0) is 37.8 Å². The van der Waals surface area contributed by atoms with Crippen LogP contribution in [-0.2, 0) is 0 Å². The second-order valence-electron chi connectivity index (χ2n) is 5.59. The third-order valence-corrected chi connectivity index (χ3v) is 4.51. The van der Waals surface area contributed by atoms with Crippen LogP contribution in [0, 0.1) is 0 Å². The summed E-state index contributed by atoms with van der Waals surface area (Å²) in [5, 5.41) is 5.24. The first-order valence-electron chi connectivity index (χ1n) is 6.76. The van der Waals surface area contributed by atoms with Crippen LogP contribution in [0.15, 0.2) is 18.3 Å². The van der Waals surface area contributed by atoms with Gasteiger partial charge in [-0.3, -0.25) is 0 Å². The number of fused-ring (bicyclic) bond motifs is 3. The van der Waals surface area contributed by atoms with Gasteiger partial charge in [-0.25, -0.2) is 4.52 Å². The number of nitrogens with zero attached hydrogens (tertiary/aromatic N) is 4. The second kappa shape index (κ2) is 4.08. The van der Waals surface area contributed by atoms with E-state index in [0.717, 1.165) is 24.4 Å². The number of hydrogen-bond acceptors (Lipinski definition) is 4. The minimum atomic E-state index is 0.334. The molecular formula is C13H16ClN5. The van der Waals surface area contributed by atoms with E-state index in [4.69, 9.17) is 17.3 Å². The van der Waals surface area contributed by atoms with E-state index in [0.29, 0.717) is 23.1 Å². The molecule has 19 heavy (non-hydrogen) atoms. The largest absolute Gasteiger partial charge is 0.333 e. The predicted octanol–water partition coefficient (Wildman–Crippen LogP) is 1.84. The fourth-order valence-electron chi connectivity index (χ4n) is 3.50. The Morgan fingerprint density at radius 1 is 1.21 bits per heavy atom. The number of rotatable bonds is 1. The molecule has 100 valence electrons. The molecule has 0 radical (unpaired) electrons. The lowest BCUT2D eigenvalue weighted by molar-refractivity contribution is 0.409. The highest BCUT2D eigenvalue weighted by atomic mass is 35.5. The maximum atomic E-state index is 6.10. The van der Waals surface area contributed by atoms with E-state index in [2.05, 4.69) is 15.0 Å². The van der Waals surface area contributed by atoms with Crippen molar-refractivity contribution in [3.05, 3.63) is 23.4 Å². The molecule has 2 bridgehead atoms. The van der Waals surface area contributed by atoms with E-state index in [1.165, 1.54) is 12.8 Å². The Labute approximate surface area is 116 Å². The Bertz CT molecular complexity index is 611. The molecule has 2 unspecified atom stereocenters. The molecule has 4 rings (SSSR count). The second-order valence-corrected chi connectivity index (χ2v) is 6.02. The van der Waals surface area contributed by atoms with E-state index in [1.807, 2.05) is 12.1 Å². The molecule has 2 atom stereocenters. The zero-order valence-corrected chi connectivity index (χ0v) is 11.3. The highest BCUT2D eigenvalue weighted by Gasteiger charge is 2.41. The van der Waals surface area contributed by atoms with Gasteiger partial charge < -0.3 is 10.6 Å². The van der Waals surface area contributed by atoms with Crippen LogP contribution in [0.25, 0.3) is 5.65 Å². The van der Waals surface area contributed by atoms with Gasteiger partial charge in [0.2, 0.25) is 5.95 Å². The molecule has 5 nitrogen and oxygen atoms in total. The van der Waals surface area contributed by atoms with E-state index < -0.39 is 0 Å². The maximum absolute atomic E-state index is 6.10. The molecule has 2 saturated heterocycles. The van der Waals surface area contributed by atoms with Crippen LogP contribution in [0.2, 0.25) is 5.02 Å². The summed E-state index contributed by atoms with van der Waals surface area (Å²) in [6, 6.07) is 5.08. The monoisotopic (exact) mass is 277 g/mol. The fraction of sp³-hybridized carbons (Fsp3) is 0.538. The van der Waals surface area contributed by atoms with E-state index in [9.17, 15) is 0 Å². The van der Waals surface area contributed by atoms with Crippen molar-refractivity contribution in [2.24, 2.45) is 5.73 Å². The van der Waals surface area contributed by atoms with Gasteiger partial charge in [-0.1, -0.05) is 11.6 Å². The van der Waals surface area contributed by atoms with Crippen molar-refractivity contribution in [2.45, 2.75) is 43.8 Å². The van der Waals surface area contributed by atoms with Gasteiger partial charge in [-0.15, -0.1) is 5.10 Å². The lowest BCUT2D eigenvalue weighted by Crippen LogP contribution is -2.48. The minimum absolute atomic E-state index is 0.334. The number of halogens is 1. The average Bonchev–Trinajstić information content (AvgIpc) is 2.88. The van der Waals surface area contributed by atoms with Gasteiger partial charge in [0.1, 0.15) is 0 Å². The minimum Gasteiger partial charge on any atom is -0.333 e. The first-order chi connectivity index (χ1) is 9.20. The fourth-order valence-corrected chi connectivity index (χ4v) is 3.66. The summed E-state index contributed by atoms with van der Waals surface area (Å²) in [5.74, 6) is 0.821. The van der Waals surface area contributed by atoms with Crippen molar-refractivity contribution in [3.8, 4) is 0 Å². The van der Waals surface area contributed by atoms with Crippen molar-refractivity contribution in [1.29, 1.82) is 0 Å². The molecule has 6 heteroatoms. The van der Waals surface area contributed by atoms with Gasteiger partial charge in [0.05, 0.1) is 5.02 Å². The molecule has 0 saturated carbocycles. The van der Waals surface area contributed by atoms with Crippen LogP contribution in [0.3, 0.4) is 0 Å². The lowest BCUT2D eigenvalue weighted by Gasteiger charge is -2.36. The van der Waals surface area contributed by atoms with Crippen molar-refractivity contribution in [3.63, 3.8) is 0 Å². The standard InChI is InChI=1S/C13H16ClN5/c14-8-1-4-12-16-13(17-18(12)7-8)19-10-2-3-11(19)6-9(15)5-10/h1,4,7,9-11H,2-3,5-6,15H2. The van der Waals surface area contributed by atoms with Crippen LogP contribution in [0.4, 0.5) is 5.95 Å². The third-order valence-electron chi connectivity index (χ3n) is 4.28. The molecule has 2 N–H and O–H groups in total. The third kappa shape index (κ3) is 1.80. The average molecular weight is 278 g/mol. The highest BCUT2D eigenvalue weighted by Crippen LogP contribution is 2.37. The molecule has 2 aromatic rings. The Balaban J connectivity index is 1.74. The molecular weight excluding hydrogens is 262 g/mol. The van der Waals surface area contributed by atoms with Crippen molar-refractivity contribution in [1.82, 2.24) is 14.6 Å². The van der Waals surface area contributed by atoms with E-state index in [-0.39, 0.29) is 0 Å². The van der Waals surface area contributed by atoms with Crippen molar-refractivity contribution >= 4 is 23.2 Å². The molecule has 0 aromatic carbocycles. The topological polar surface area (TPSA) is 59.5 Å². The molecule has 2 fully saturated rings. The SMILES string of the molecule is NC1CC2CCC(C1)N2c1nc2ccc(Cl)cn2n1. The molecule has 4 heterocycles. The van der Waals surface area contributed by atoms with Crippen LogP contribution >= 0.6 is 11.6 Å². The van der Waals surface area contributed by atoms with Crippen LogP contribution in [0.1, 0.15) is 25.7 Å². The summed E-state index contributed by atoms with van der Waals surface area (Å²) in [4.78, 5) is 6.99. The Kier molecular flexibility index (Phi) is 2.47. The number of aromatic nitrogens is 3. The predicted molar refractivity (Wildman–Crippen MR) is 74.5 cm³/mol. The van der Waals surface area contributed by atoms with E-state index >= 15 is 0 Å². The number of nitrogens with two attached hydrogens (primary N) is 1. The van der Waals surface area contributed by atoms with Gasteiger partial charge in [0.15, 0.2) is 5.65 Å². The van der Waals surface area contributed by atoms with Gasteiger partial charge >= 0.3 is 0 Å². The Hall–Kier alpha value is -1.33. The molecule has 2 aromatic heterocycles. The lowest BCUT2D eigenvalue weighted by atomic mass is 9.99. The van der Waals surface area contributed by atoms with Gasteiger partial charge in [-0.2, -0.15) is 4.98 Å². The summed E-state index contributed by atoms with van der Waals surface area (Å²) in [6.45, 7) is 0. The zero-order chi connectivity index (χ0) is 13.0. The Morgan fingerprint density at radius 3 is 2.68 bits per heavy atom. The zero-order valence-electron chi connectivity index (χ0n) is 10.5. The molecule has 0 aliphatic carbocycles. The van der Waals surface area contributed by atoms with Crippen molar-refractivity contribution in [2.75, 3.05) is 4.90 Å². The summed E-state index contributed by atoms with van der Waals surface area (Å²) in [5.41, 5.74) is 6.94. The number of piperidine rings is 1. The quantitative estimate of drug-likeness (QED) is 0.864. The summed E-state index contributed by atoms with van der Waals surface area (Å²) in [7, 11) is 0. The van der Waals surface area contributed by atoms with Crippen molar-refractivity contribution < 1.29 is 0 Å². The molecule has 0 amide bonds. The molecule has 2 aliphatic heterocycles. The van der Waals surface area contributed by atoms with Gasteiger partial charge in [0, 0.05) is 24.3 Å². The summed E-state index contributed by atoms with van der Waals surface area (Å²) < 4.78 is 1.76.